The first-order chi connectivity index (χ1) is 8.57. The lowest BCUT2D eigenvalue weighted by atomic mass is 9.96. The minimum atomic E-state index is -0.385. The summed E-state index contributed by atoms with van der Waals surface area (Å²) in [4.78, 5) is 14.2. The van der Waals surface area contributed by atoms with E-state index in [1.807, 2.05) is 18.7 Å². The van der Waals surface area contributed by atoms with Gasteiger partial charge in [0.2, 0.25) is 0 Å². The van der Waals surface area contributed by atoms with Gasteiger partial charge in [0.15, 0.2) is 0 Å². The van der Waals surface area contributed by atoms with Gasteiger partial charge < -0.3 is 15.4 Å². The predicted octanol–water partition coefficient (Wildman–Crippen LogP) is 2.12. The van der Waals surface area contributed by atoms with Crippen molar-refractivity contribution in [1.29, 1.82) is 0 Å². The van der Waals surface area contributed by atoms with Gasteiger partial charge in [-0.1, -0.05) is 6.08 Å². The number of hydrogen-bond acceptors (Lipinski definition) is 3. The van der Waals surface area contributed by atoms with Crippen molar-refractivity contribution in [3.63, 3.8) is 0 Å². The number of amides is 1. The third-order valence-corrected chi connectivity index (χ3v) is 3.48. The Morgan fingerprint density at radius 2 is 2.21 bits per heavy atom. The Kier molecular flexibility index (Phi) is 9.06. The minimum absolute atomic E-state index is 0. The van der Waals surface area contributed by atoms with Gasteiger partial charge in [0.05, 0.1) is 6.61 Å². The number of likely N-dealkylation sites (tertiary alicyclic amines) is 1. The summed E-state index contributed by atoms with van der Waals surface area (Å²) >= 11 is 0. The summed E-state index contributed by atoms with van der Waals surface area (Å²) in [5, 5.41) is 0. The molecule has 0 bridgehead atoms. The summed E-state index contributed by atoms with van der Waals surface area (Å²) in [6.45, 7) is 8.78. The molecule has 0 aliphatic carbocycles. The van der Waals surface area contributed by atoms with E-state index in [0.717, 1.165) is 32.2 Å². The van der Waals surface area contributed by atoms with Crippen LogP contribution in [0.15, 0.2) is 12.7 Å². The number of piperidine rings is 1. The van der Waals surface area contributed by atoms with E-state index in [1.165, 1.54) is 0 Å². The summed E-state index contributed by atoms with van der Waals surface area (Å²) in [6.07, 6.45) is 5.40. The van der Waals surface area contributed by atoms with Gasteiger partial charge in [-0.2, -0.15) is 0 Å². The Hall–Kier alpha value is -0.580. The summed E-state index contributed by atoms with van der Waals surface area (Å²) < 4.78 is 5.52. The number of halogens is 1. The van der Waals surface area contributed by atoms with Crippen LogP contribution in [0.1, 0.15) is 39.5 Å². The van der Waals surface area contributed by atoms with Gasteiger partial charge in [-0.05, 0) is 39.5 Å². The Bertz CT molecular complexity index is 285. The summed E-state index contributed by atoms with van der Waals surface area (Å²) in [5.74, 6) is 0.0704. The van der Waals surface area contributed by atoms with Crippen LogP contribution in [0.3, 0.4) is 0 Å². The van der Waals surface area contributed by atoms with E-state index in [0.29, 0.717) is 6.61 Å². The van der Waals surface area contributed by atoms with Crippen molar-refractivity contribution in [2.75, 3.05) is 13.2 Å². The molecular weight excluding hydrogens is 264 g/mol. The van der Waals surface area contributed by atoms with Crippen LogP contribution in [0.2, 0.25) is 0 Å². The second-order valence-electron chi connectivity index (χ2n) is 5.04. The highest BCUT2D eigenvalue weighted by atomic mass is 35.5. The molecule has 3 unspecified atom stereocenters. The molecule has 5 heteroatoms. The molecule has 2 N–H and O–H groups in total. The standard InChI is InChI=1S/C14H26N2O2.ClH/c1-4-5-10-18-12(3)14(17)16-9-7-6-8-13(16)11(2)15;/h4,11-13H,1,5-10,15H2,2-3H3;1H. The quantitative estimate of drug-likeness (QED) is 0.602. The number of ether oxygens (including phenoxy) is 1. The van der Waals surface area contributed by atoms with Gasteiger partial charge >= 0.3 is 0 Å². The van der Waals surface area contributed by atoms with Crippen LogP contribution in [0, 0.1) is 0 Å². The monoisotopic (exact) mass is 290 g/mol. The van der Waals surface area contributed by atoms with E-state index in [-0.39, 0.29) is 36.5 Å². The van der Waals surface area contributed by atoms with Crippen molar-refractivity contribution in [3.8, 4) is 0 Å². The van der Waals surface area contributed by atoms with E-state index in [4.69, 9.17) is 10.5 Å². The number of rotatable bonds is 6. The molecule has 4 nitrogen and oxygen atoms in total. The Morgan fingerprint density at radius 3 is 2.79 bits per heavy atom. The van der Waals surface area contributed by atoms with Crippen molar-refractivity contribution < 1.29 is 9.53 Å². The average molecular weight is 291 g/mol. The molecule has 1 aliphatic heterocycles. The zero-order valence-electron chi connectivity index (χ0n) is 12.0. The maximum Gasteiger partial charge on any atom is 0.251 e. The number of nitrogens with zero attached hydrogens (tertiary/aromatic N) is 1. The van der Waals surface area contributed by atoms with Gasteiger partial charge in [-0.15, -0.1) is 19.0 Å². The summed E-state index contributed by atoms with van der Waals surface area (Å²) in [5.41, 5.74) is 5.97. The highest BCUT2D eigenvalue weighted by molar-refractivity contribution is 5.85. The fourth-order valence-corrected chi connectivity index (χ4v) is 2.41. The SMILES string of the molecule is C=CCCOC(C)C(=O)N1CCCCC1C(C)N.Cl. The van der Waals surface area contributed by atoms with Gasteiger partial charge in [-0.3, -0.25) is 4.79 Å². The van der Waals surface area contributed by atoms with Crippen LogP contribution in [-0.2, 0) is 9.53 Å². The summed E-state index contributed by atoms with van der Waals surface area (Å²) in [7, 11) is 0. The molecule has 1 heterocycles. The molecule has 0 spiro atoms. The van der Waals surface area contributed by atoms with Gasteiger partial charge in [-0.25, -0.2) is 0 Å². The predicted molar refractivity (Wildman–Crippen MR) is 80.5 cm³/mol. The first kappa shape index (κ1) is 18.4. The van der Waals surface area contributed by atoms with Gasteiger partial charge in [0.1, 0.15) is 6.10 Å². The van der Waals surface area contributed by atoms with E-state index < -0.39 is 0 Å². The molecular formula is C14H27ClN2O2. The molecule has 3 atom stereocenters. The van der Waals surface area contributed by atoms with Crippen LogP contribution in [0.5, 0.6) is 0 Å². The smallest absolute Gasteiger partial charge is 0.251 e. The highest BCUT2D eigenvalue weighted by Gasteiger charge is 2.31. The normalized spacial score (nSPS) is 22.3. The maximum atomic E-state index is 12.3. The van der Waals surface area contributed by atoms with E-state index in [2.05, 4.69) is 6.58 Å². The average Bonchev–Trinajstić information content (AvgIpc) is 2.38. The largest absolute Gasteiger partial charge is 0.368 e. The minimum Gasteiger partial charge on any atom is -0.368 e. The van der Waals surface area contributed by atoms with Crippen LogP contribution < -0.4 is 5.73 Å². The fraction of sp³-hybridized carbons (Fsp3) is 0.786. The number of carbonyl (C=O) groups excluding carboxylic acids is 1. The molecule has 1 rings (SSSR count). The Balaban J connectivity index is 0.00000324. The molecule has 0 aromatic carbocycles. The zero-order chi connectivity index (χ0) is 13.5. The second kappa shape index (κ2) is 9.34. The molecule has 1 amide bonds. The number of hydrogen-bond donors (Lipinski definition) is 1. The summed E-state index contributed by atoms with van der Waals surface area (Å²) in [6, 6.07) is 0.186. The van der Waals surface area contributed by atoms with Crippen LogP contribution in [0.25, 0.3) is 0 Å². The molecule has 19 heavy (non-hydrogen) atoms. The number of nitrogens with two attached hydrogens (primary N) is 1. The van der Waals surface area contributed by atoms with Crippen LogP contribution in [-0.4, -0.2) is 42.1 Å². The van der Waals surface area contributed by atoms with Gasteiger partial charge in [0, 0.05) is 18.6 Å². The van der Waals surface area contributed by atoms with E-state index >= 15 is 0 Å². The second-order valence-corrected chi connectivity index (χ2v) is 5.04. The van der Waals surface area contributed by atoms with E-state index in [9.17, 15) is 4.79 Å². The van der Waals surface area contributed by atoms with Crippen molar-refractivity contribution in [1.82, 2.24) is 4.90 Å². The Morgan fingerprint density at radius 1 is 1.53 bits per heavy atom. The first-order valence-corrected chi connectivity index (χ1v) is 6.86. The zero-order valence-corrected chi connectivity index (χ0v) is 12.8. The topological polar surface area (TPSA) is 55.6 Å². The molecule has 1 saturated heterocycles. The highest BCUT2D eigenvalue weighted by Crippen LogP contribution is 2.20. The lowest BCUT2D eigenvalue weighted by Gasteiger charge is -2.39. The number of carbonyl (C=O) groups is 1. The fourth-order valence-electron chi connectivity index (χ4n) is 2.41. The lowest BCUT2D eigenvalue weighted by Crippen LogP contribution is -2.54. The molecule has 0 radical (unpaired) electrons. The van der Waals surface area contributed by atoms with Crippen molar-refractivity contribution in [2.24, 2.45) is 5.73 Å². The van der Waals surface area contributed by atoms with Crippen molar-refractivity contribution in [3.05, 3.63) is 12.7 Å². The van der Waals surface area contributed by atoms with Crippen LogP contribution in [0.4, 0.5) is 0 Å². The van der Waals surface area contributed by atoms with E-state index in [1.54, 1.807) is 6.08 Å². The molecule has 0 aromatic rings. The van der Waals surface area contributed by atoms with Crippen molar-refractivity contribution >= 4 is 18.3 Å². The van der Waals surface area contributed by atoms with Crippen molar-refractivity contribution in [2.45, 2.75) is 57.7 Å². The third kappa shape index (κ3) is 5.51. The first-order valence-electron chi connectivity index (χ1n) is 6.86. The molecule has 1 fully saturated rings. The molecule has 112 valence electrons. The van der Waals surface area contributed by atoms with Crippen LogP contribution >= 0.6 is 12.4 Å². The Labute approximate surface area is 122 Å². The maximum absolute atomic E-state index is 12.3. The third-order valence-electron chi connectivity index (χ3n) is 3.48. The molecule has 1 aliphatic rings. The molecule has 0 aromatic heterocycles. The molecule has 0 saturated carbocycles. The lowest BCUT2D eigenvalue weighted by molar-refractivity contribution is -0.146. The van der Waals surface area contributed by atoms with Gasteiger partial charge in [0.25, 0.3) is 5.91 Å².